The van der Waals surface area contributed by atoms with Crippen molar-refractivity contribution in [3.8, 4) is 0 Å². The lowest BCUT2D eigenvalue weighted by atomic mass is 9.99. The number of rotatable bonds is 5. The van der Waals surface area contributed by atoms with E-state index >= 15 is 0 Å². The molecule has 0 aliphatic carbocycles. The first kappa shape index (κ1) is 14.0. The largest absolute Gasteiger partial charge is 0.481 e. The van der Waals surface area contributed by atoms with Crippen molar-refractivity contribution in [2.75, 3.05) is 33.7 Å². The van der Waals surface area contributed by atoms with Gasteiger partial charge in [0.05, 0.1) is 5.92 Å². The number of hydrogen-bond donors (Lipinski definition) is 1. The van der Waals surface area contributed by atoms with Crippen molar-refractivity contribution in [1.29, 1.82) is 0 Å². The molecular weight excluding hydrogens is 220 g/mol. The fourth-order valence-corrected chi connectivity index (χ4v) is 2.25. The van der Waals surface area contributed by atoms with Gasteiger partial charge in [-0.05, 0) is 18.9 Å². The molecule has 1 N–H and O–H groups in total. The zero-order valence-electron chi connectivity index (χ0n) is 10.8. The highest BCUT2D eigenvalue weighted by atomic mass is 16.4. The molecule has 1 fully saturated rings. The first-order chi connectivity index (χ1) is 7.91. The molecule has 1 saturated heterocycles. The predicted octanol–water partition coefficient (Wildman–Crippen LogP) is 0.507. The van der Waals surface area contributed by atoms with Gasteiger partial charge in [-0.15, -0.1) is 0 Å². The van der Waals surface area contributed by atoms with Crippen LogP contribution in [0.2, 0.25) is 0 Å². The first-order valence-electron chi connectivity index (χ1n) is 6.07. The molecule has 0 saturated carbocycles. The van der Waals surface area contributed by atoms with Gasteiger partial charge >= 0.3 is 5.97 Å². The fraction of sp³-hybridized carbons (Fsp3) is 0.833. The number of carboxylic acid groups (broad SMARTS) is 1. The van der Waals surface area contributed by atoms with Crippen molar-refractivity contribution in [1.82, 2.24) is 9.80 Å². The molecule has 2 atom stereocenters. The van der Waals surface area contributed by atoms with Crippen molar-refractivity contribution in [3.05, 3.63) is 0 Å². The van der Waals surface area contributed by atoms with Crippen LogP contribution in [0.3, 0.4) is 0 Å². The van der Waals surface area contributed by atoms with Crippen LogP contribution in [-0.4, -0.2) is 60.5 Å². The lowest BCUT2D eigenvalue weighted by molar-refractivity contribution is -0.142. The summed E-state index contributed by atoms with van der Waals surface area (Å²) in [4.78, 5) is 26.0. The molecule has 1 aliphatic rings. The second-order valence-corrected chi connectivity index (χ2v) is 5.07. The lowest BCUT2D eigenvalue weighted by Crippen LogP contribution is -2.26. The smallest absolute Gasteiger partial charge is 0.308 e. The summed E-state index contributed by atoms with van der Waals surface area (Å²) in [6.45, 7) is 4.23. The van der Waals surface area contributed by atoms with Crippen molar-refractivity contribution in [3.63, 3.8) is 0 Å². The molecule has 0 spiro atoms. The lowest BCUT2D eigenvalue weighted by Gasteiger charge is -2.16. The molecule has 5 nitrogen and oxygen atoms in total. The van der Waals surface area contributed by atoms with Crippen LogP contribution in [0.1, 0.15) is 19.8 Å². The third kappa shape index (κ3) is 4.00. The normalized spacial score (nSPS) is 24.9. The Kier molecular flexibility index (Phi) is 4.93. The molecule has 0 aromatic heterocycles. The van der Waals surface area contributed by atoms with Gasteiger partial charge in [-0.3, -0.25) is 9.59 Å². The third-order valence-corrected chi connectivity index (χ3v) is 3.37. The SMILES string of the molecule is CC1CN(CCCC(=O)N(C)C)CC1C(=O)O. The van der Waals surface area contributed by atoms with Gasteiger partial charge in [-0.2, -0.15) is 0 Å². The highest BCUT2D eigenvalue weighted by Crippen LogP contribution is 2.23. The third-order valence-electron chi connectivity index (χ3n) is 3.37. The number of amides is 1. The molecule has 98 valence electrons. The molecule has 5 heteroatoms. The maximum Gasteiger partial charge on any atom is 0.308 e. The summed E-state index contributed by atoms with van der Waals surface area (Å²) >= 11 is 0. The van der Waals surface area contributed by atoms with Gasteiger partial charge in [-0.1, -0.05) is 6.92 Å². The van der Waals surface area contributed by atoms with Crippen molar-refractivity contribution < 1.29 is 14.7 Å². The topological polar surface area (TPSA) is 60.9 Å². The number of carbonyl (C=O) groups is 2. The summed E-state index contributed by atoms with van der Waals surface area (Å²) in [5.41, 5.74) is 0. The van der Waals surface area contributed by atoms with Crippen LogP contribution in [0.5, 0.6) is 0 Å². The van der Waals surface area contributed by atoms with Crippen LogP contribution in [0.15, 0.2) is 0 Å². The molecule has 1 heterocycles. The molecule has 0 bridgehead atoms. The minimum absolute atomic E-state index is 0.132. The number of carbonyl (C=O) groups excluding carboxylic acids is 1. The average Bonchev–Trinajstić information content (AvgIpc) is 2.59. The molecule has 0 radical (unpaired) electrons. The molecule has 0 aromatic rings. The predicted molar refractivity (Wildman–Crippen MR) is 64.7 cm³/mol. The Morgan fingerprint density at radius 3 is 2.47 bits per heavy atom. The second kappa shape index (κ2) is 6.00. The van der Waals surface area contributed by atoms with Gasteiger partial charge in [0.25, 0.3) is 0 Å². The van der Waals surface area contributed by atoms with Gasteiger partial charge in [-0.25, -0.2) is 0 Å². The molecule has 1 rings (SSSR count). The van der Waals surface area contributed by atoms with Crippen LogP contribution in [-0.2, 0) is 9.59 Å². The molecule has 0 aromatic carbocycles. The zero-order chi connectivity index (χ0) is 13.0. The summed E-state index contributed by atoms with van der Waals surface area (Å²) in [7, 11) is 3.50. The van der Waals surface area contributed by atoms with E-state index < -0.39 is 5.97 Å². The molecule has 2 unspecified atom stereocenters. The number of likely N-dealkylation sites (tertiary alicyclic amines) is 1. The average molecular weight is 242 g/mol. The zero-order valence-corrected chi connectivity index (χ0v) is 10.8. The van der Waals surface area contributed by atoms with Gasteiger partial charge in [0.2, 0.25) is 5.91 Å². The molecule has 17 heavy (non-hydrogen) atoms. The maximum absolute atomic E-state index is 11.4. The van der Waals surface area contributed by atoms with E-state index in [0.717, 1.165) is 19.5 Å². The molecule has 1 aliphatic heterocycles. The minimum Gasteiger partial charge on any atom is -0.481 e. The Labute approximate surface area is 102 Å². The maximum atomic E-state index is 11.4. The van der Waals surface area contributed by atoms with E-state index in [9.17, 15) is 9.59 Å². The van der Waals surface area contributed by atoms with E-state index in [4.69, 9.17) is 5.11 Å². The monoisotopic (exact) mass is 242 g/mol. The number of aliphatic carboxylic acids is 1. The van der Waals surface area contributed by atoms with Crippen molar-refractivity contribution in [2.24, 2.45) is 11.8 Å². The Balaban J connectivity index is 2.26. The summed E-state index contributed by atoms with van der Waals surface area (Å²) < 4.78 is 0. The van der Waals surface area contributed by atoms with E-state index in [1.807, 2.05) is 6.92 Å². The molecular formula is C12H22N2O3. The van der Waals surface area contributed by atoms with Crippen molar-refractivity contribution in [2.45, 2.75) is 19.8 Å². The fourth-order valence-electron chi connectivity index (χ4n) is 2.25. The summed E-state index contributed by atoms with van der Waals surface area (Å²) in [5.74, 6) is -0.618. The first-order valence-corrected chi connectivity index (χ1v) is 6.07. The van der Waals surface area contributed by atoms with Crippen LogP contribution in [0.4, 0.5) is 0 Å². The van der Waals surface area contributed by atoms with Gasteiger partial charge < -0.3 is 14.9 Å². The standard InChI is InChI=1S/C12H22N2O3/c1-9-7-14(8-10(9)12(16)17)6-4-5-11(15)13(2)3/h9-10H,4-8H2,1-3H3,(H,16,17). The highest BCUT2D eigenvalue weighted by Gasteiger charge is 2.34. The summed E-state index contributed by atoms with van der Waals surface area (Å²) in [5, 5.41) is 9.00. The van der Waals surface area contributed by atoms with Crippen molar-refractivity contribution >= 4 is 11.9 Å². The van der Waals surface area contributed by atoms with Crippen LogP contribution < -0.4 is 0 Å². The Morgan fingerprint density at radius 1 is 1.35 bits per heavy atom. The Bertz CT molecular complexity index is 291. The Hall–Kier alpha value is -1.10. The summed E-state index contributed by atoms with van der Waals surface area (Å²) in [6, 6.07) is 0. The highest BCUT2D eigenvalue weighted by molar-refractivity contribution is 5.75. The summed E-state index contributed by atoms with van der Waals surface area (Å²) in [6.07, 6.45) is 1.34. The van der Waals surface area contributed by atoms with Gasteiger partial charge in [0.1, 0.15) is 0 Å². The van der Waals surface area contributed by atoms with E-state index in [0.29, 0.717) is 13.0 Å². The van der Waals surface area contributed by atoms with E-state index in [2.05, 4.69) is 4.90 Å². The van der Waals surface area contributed by atoms with Gasteiger partial charge in [0, 0.05) is 33.6 Å². The second-order valence-electron chi connectivity index (χ2n) is 5.07. The quantitative estimate of drug-likeness (QED) is 0.763. The van der Waals surface area contributed by atoms with Crippen LogP contribution in [0, 0.1) is 11.8 Å². The number of hydrogen-bond acceptors (Lipinski definition) is 3. The van der Waals surface area contributed by atoms with E-state index in [1.165, 1.54) is 0 Å². The Morgan fingerprint density at radius 2 is 2.00 bits per heavy atom. The van der Waals surface area contributed by atoms with Crippen LogP contribution in [0.25, 0.3) is 0 Å². The van der Waals surface area contributed by atoms with Gasteiger partial charge in [0.15, 0.2) is 0 Å². The molecule has 1 amide bonds. The van der Waals surface area contributed by atoms with Crippen LogP contribution >= 0.6 is 0 Å². The number of carboxylic acids is 1. The van der Waals surface area contributed by atoms with E-state index in [-0.39, 0.29) is 17.7 Å². The number of nitrogens with zero attached hydrogens (tertiary/aromatic N) is 2. The minimum atomic E-state index is -0.704. The van der Waals surface area contributed by atoms with E-state index in [1.54, 1.807) is 19.0 Å².